The van der Waals surface area contributed by atoms with Gasteiger partial charge in [-0.1, -0.05) is 12.1 Å². The van der Waals surface area contributed by atoms with Crippen LogP contribution in [-0.2, 0) is 11.3 Å². The number of hydrogen-bond donors (Lipinski definition) is 0. The van der Waals surface area contributed by atoms with Crippen LogP contribution < -0.4 is 0 Å². The number of rotatable bonds is 5. The van der Waals surface area contributed by atoms with Gasteiger partial charge in [-0.15, -0.1) is 11.3 Å². The molecule has 0 aliphatic carbocycles. The molecule has 8 heteroatoms. The van der Waals surface area contributed by atoms with E-state index >= 15 is 0 Å². The lowest BCUT2D eigenvalue weighted by Crippen LogP contribution is -2.40. The maximum absolute atomic E-state index is 12.8. The molecule has 3 heterocycles. The van der Waals surface area contributed by atoms with Crippen LogP contribution in [0.3, 0.4) is 0 Å². The number of hydrogen-bond acceptors (Lipinski definition) is 6. The Labute approximate surface area is 167 Å². The second kappa shape index (κ2) is 7.79. The zero-order valence-corrected chi connectivity index (χ0v) is 16.9. The van der Waals surface area contributed by atoms with Crippen LogP contribution in [0.2, 0.25) is 0 Å². The molecule has 1 aliphatic rings. The minimum atomic E-state index is -0.0511. The second-order valence-electron chi connectivity index (χ2n) is 7.19. The van der Waals surface area contributed by atoms with Gasteiger partial charge in [-0.3, -0.25) is 9.59 Å². The van der Waals surface area contributed by atoms with Crippen LogP contribution in [-0.4, -0.2) is 49.4 Å². The molecule has 0 unspecified atom stereocenters. The Morgan fingerprint density at radius 3 is 2.57 bits per heavy atom. The van der Waals surface area contributed by atoms with E-state index in [4.69, 9.17) is 0 Å². The Kier molecular flexibility index (Phi) is 5.21. The Bertz CT molecular complexity index is 984. The molecule has 0 bridgehead atoms. The number of amides is 1. The maximum Gasteiger partial charge on any atom is 0.224 e. The van der Waals surface area contributed by atoms with Crippen LogP contribution in [0.15, 0.2) is 24.3 Å². The molecule has 1 fully saturated rings. The molecule has 1 saturated heterocycles. The molecule has 1 amide bonds. The predicted molar refractivity (Wildman–Crippen MR) is 107 cm³/mol. The van der Waals surface area contributed by atoms with E-state index in [9.17, 15) is 9.59 Å². The molecule has 7 nitrogen and oxygen atoms in total. The Morgan fingerprint density at radius 2 is 1.89 bits per heavy atom. The fourth-order valence-corrected chi connectivity index (χ4v) is 4.66. The molecule has 4 rings (SSSR count). The molecule has 0 N–H and O–H groups in total. The average Bonchev–Trinajstić information content (AvgIpc) is 3.28. The Hall–Kier alpha value is -2.61. The van der Waals surface area contributed by atoms with Crippen LogP contribution in [0.25, 0.3) is 10.2 Å². The number of aryl methyl sites for hydroxylation is 3. The summed E-state index contributed by atoms with van der Waals surface area (Å²) in [5, 5.41) is 4.88. The van der Waals surface area contributed by atoms with E-state index in [0.717, 1.165) is 21.9 Å². The summed E-state index contributed by atoms with van der Waals surface area (Å²) in [4.78, 5) is 36.0. The molecular weight excluding hydrogens is 374 g/mol. The van der Waals surface area contributed by atoms with Gasteiger partial charge >= 0.3 is 0 Å². The molecule has 146 valence electrons. The summed E-state index contributed by atoms with van der Waals surface area (Å²) in [6.07, 6.45) is 1.80. The van der Waals surface area contributed by atoms with Gasteiger partial charge in [0.1, 0.15) is 11.6 Å². The van der Waals surface area contributed by atoms with Crippen molar-refractivity contribution in [2.24, 2.45) is 5.92 Å². The number of fused-ring (bicyclic) bond motifs is 1. The number of benzene rings is 1. The lowest BCUT2D eigenvalue weighted by Gasteiger charge is -2.31. The van der Waals surface area contributed by atoms with E-state index in [2.05, 4.69) is 15.1 Å². The fourth-order valence-electron chi connectivity index (χ4n) is 3.68. The first-order valence-corrected chi connectivity index (χ1v) is 10.4. The standard InChI is InChI=1S/C20H23N5O2S/c1-13-21-14(2)25(23-13)12-9-18(26)24-10-7-15(8-11-24)19(27)20-22-16-5-3-4-6-17(16)28-20/h3-6,15H,7-12H2,1-2H3. The van der Waals surface area contributed by atoms with E-state index in [1.807, 2.05) is 43.0 Å². The minimum Gasteiger partial charge on any atom is -0.343 e. The summed E-state index contributed by atoms with van der Waals surface area (Å²) in [6, 6.07) is 7.81. The number of piperidine rings is 1. The van der Waals surface area contributed by atoms with Crippen molar-refractivity contribution >= 4 is 33.2 Å². The molecule has 28 heavy (non-hydrogen) atoms. The van der Waals surface area contributed by atoms with E-state index in [0.29, 0.717) is 43.9 Å². The number of Topliss-reactive ketones (excluding diaryl/α,β-unsaturated/α-hetero) is 1. The van der Waals surface area contributed by atoms with Gasteiger partial charge in [0.15, 0.2) is 10.8 Å². The summed E-state index contributed by atoms with van der Waals surface area (Å²) in [6.45, 7) is 5.52. The monoisotopic (exact) mass is 397 g/mol. The third-order valence-electron chi connectivity index (χ3n) is 5.22. The second-order valence-corrected chi connectivity index (χ2v) is 8.22. The smallest absolute Gasteiger partial charge is 0.224 e. The third kappa shape index (κ3) is 3.82. The summed E-state index contributed by atoms with van der Waals surface area (Å²) in [7, 11) is 0. The number of ketones is 1. The first kappa shape index (κ1) is 18.7. The van der Waals surface area contributed by atoms with Crippen molar-refractivity contribution in [1.29, 1.82) is 0 Å². The zero-order chi connectivity index (χ0) is 19.7. The van der Waals surface area contributed by atoms with Gasteiger partial charge in [0, 0.05) is 25.4 Å². The van der Waals surface area contributed by atoms with Crippen LogP contribution in [0, 0.1) is 19.8 Å². The zero-order valence-electron chi connectivity index (χ0n) is 16.1. The number of para-hydroxylation sites is 1. The first-order valence-electron chi connectivity index (χ1n) is 9.57. The molecule has 1 aliphatic heterocycles. The number of nitrogens with zero attached hydrogens (tertiary/aromatic N) is 5. The maximum atomic E-state index is 12.8. The van der Waals surface area contributed by atoms with Crippen molar-refractivity contribution in [2.75, 3.05) is 13.1 Å². The van der Waals surface area contributed by atoms with Crippen molar-refractivity contribution in [2.45, 2.75) is 39.7 Å². The first-order chi connectivity index (χ1) is 13.5. The van der Waals surface area contributed by atoms with Gasteiger partial charge in [0.25, 0.3) is 0 Å². The summed E-state index contributed by atoms with van der Waals surface area (Å²) in [5.74, 6) is 1.72. The number of likely N-dealkylation sites (tertiary alicyclic amines) is 1. The number of thiazole rings is 1. The molecule has 3 aromatic rings. The van der Waals surface area contributed by atoms with E-state index < -0.39 is 0 Å². The van der Waals surface area contributed by atoms with E-state index in [1.165, 1.54) is 11.3 Å². The minimum absolute atomic E-state index is 0.0511. The van der Waals surface area contributed by atoms with Gasteiger partial charge in [-0.25, -0.2) is 14.6 Å². The number of carbonyl (C=O) groups is 2. The van der Waals surface area contributed by atoms with Gasteiger partial charge in [-0.05, 0) is 38.8 Å². The van der Waals surface area contributed by atoms with Gasteiger partial charge in [-0.2, -0.15) is 5.10 Å². The Morgan fingerprint density at radius 1 is 1.14 bits per heavy atom. The number of aromatic nitrogens is 4. The highest BCUT2D eigenvalue weighted by molar-refractivity contribution is 7.20. The quantitative estimate of drug-likeness (QED) is 0.618. The van der Waals surface area contributed by atoms with Gasteiger partial charge < -0.3 is 4.90 Å². The van der Waals surface area contributed by atoms with Crippen LogP contribution in [0.4, 0.5) is 0 Å². The molecule has 2 aromatic heterocycles. The lowest BCUT2D eigenvalue weighted by atomic mass is 9.92. The normalized spacial score (nSPS) is 15.3. The summed E-state index contributed by atoms with van der Waals surface area (Å²) in [5.41, 5.74) is 0.877. The Balaban J connectivity index is 1.31. The topological polar surface area (TPSA) is 81.0 Å². The van der Waals surface area contributed by atoms with E-state index in [1.54, 1.807) is 4.68 Å². The van der Waals surface area contributed by atoms with Crippen LogP contribution >= 0.6 is 11.3 Å². The highest BCUT2D eigenvalue weighted by Crippen LogP contribution is 2.27. The fraction of sp³-hybridized carbons (Fsp3) is 0.450. The highest BCUT2D eigenvalue weighted by atomic mass is 32.1. The summed E-state index contributed by atoms with van der Waals surface area (Å²) >= 11 is 1.46. The van der Waals surface area contributed by atoms with Crippen molar-refractivity contribution in [3.05, 3.63) is 40.9 Å². The molecule has 1 aromatic carbocycles. The van der Waals surface area contributed by atoms with Crippen LogP contribution in [0.5, 0.6) is 0 Å². The van der Waals surface area contributed by atoms with E-state index in [-0.39, 0.29) is 17.6 Å². The molecule has 0 radical (unpaired) electrons. The lowest BCUT2D eigenvalue weighted by molar-refractivity contribution is -0.132. The number of carbonyl (C=O) groups excluding carboxylic acids is 2. The third-order valence-corrected chi connectivity index (χ3v) is 6.27. The molecule has 0 spiro atoms. The van der Waals surface area contributed by atoms with Crippen molar-refractivity contribution in [3.8, 4) is 0 Å². The largest absolute Gasteiger partial charge is 0.343 e. The molecule has 0 saturated carbocycles. The average molecular weight is 398 g/mol. The predicted octanol–water partition coefficient (Wildman–Crippen LogP) is 3.02. The summed E-state index contributed by atoms with van der Waals surface area (Å²) < 4.78 is 2.81. The van der Waals surface area contributed by atoms with Crippen LogP contribution in [0.1, 0.15) is 40.7 Å². The van der Waals surface area contributed by atoms with Gasteiger partial charge in [0.05, 0.1) is 16.8 Å². The van der Waals surface area contributed by atoms with Crippen molar-refractivity contribution < 1.29 is 9.59 Å². The molecular formula is C20H23N5O2S. The van der Waals surface area contributed by atoms with Gasteiger partial charge in [0.2, 0.25) is 5.91 Å². The highest BCUT2D eigenvalue weighted by Gasteiger charge is 2.29. The van der Waals surface area contributed by atoms with Crippen molar-refractivity contribution in [3.63, 3.8) is 0 Å². The molecule has 0 atom stereocenters. The SMILES string of the molecule is Cc1nc(C)n(CCC(=O)N2CCC(C(=O)c3nc4ccccc4s3)CC2)n1. The van der Waals surface area contributed by atoms with Crippen molar-refractivity contribution in [1.82, 2.24) is 24.6 Å².